The van der Waals surface area contributed by atoms with Crippen LogP contribution in [0.25, 0.3) is 0 Å². The van der Waals surface area contributed by atoms with E-state index in [4.69, 9.17) is 29.1 Å². The fourth-order valence-electron chi connectivity index (χ4n) is 2.21. The van der Waals surface area contributed by atoms with Gasteiger partial charge in [-0.05, 0) is 59.7 Å². The average Bonchev–Trinajstić information content (AvgIpc) is 2.59. The summed E-state index contributed by atoms with van der Waals surface area (Å²) in [6.07, 6.45) is -4.49. The number of thiocarbonyl (C=S) groups is 1. The van der Waals surface area contributed by atoms with Crippen molar-refractivity contribution in [2.45, 2.75) is 28.3 Å². The molecule has 0 unspecified atom stereocenters. The van der Waals surface area contributed by atoms with Gasteiger partial charge in [-0.15, -0.1) is 0 Å². The first-order valence-electron chi connectivity index (χ1n) is 7.73. The molecule has 0 heterocycles. The molecule has 0 aliphatic rings. The number of rotatable bonds is 6. The number of amidine groups is 1. The zero-order chi connectivity index (χ0) is 20.9. The van der Waals surface area contributed by atoms with Crippen molar-refractivity contribution in [1.29, 1.82) is 5.41 Å². The van der Waals surface area contributed by atoms with Crippen LogP contribution in [0.2, 0.25) is 0 Å². The predicted molar refractivity (Wildman–Crippen MR) is 109 cm³/mol. The Kier molecular flexibility index (Phi) is 7.55. The third-order valence-corrected chi connectivity index (χ3v) is 5.61. The summed E-state index contributed by atoms with van der Waals surface area (Å²) in [6, 6.07) is 7.49. The van der Waals surface area contributed by atoms with E-state index in [0.717, 1.165) is 23.9 Å². The second kappa shape index (κ2) is 9.48. The van der Waals surface area contributed by atoms with Gasteiger partial charge in [-0.1, -0.05) is 23.5 Å². The highest BCUT2D eigenvalue weighted by Gasteiger charge is 2.31. The van der Waals surface area contributed by atoms with Gasteiger partial charge in [0.15, 0.2) is 10.3 Å². The standard InChI is InChI=1S/C17H16F4N4S3/c18-12-2-4-14(10(6-12)8-27-15(22)23)28-13-3-1-11(17(19,20)21)5-9(13)7-25-16(24)26/h1-6H,7-8H2,(H3,22,23)(H3,24,25,26). The Morgan fingerprint density at radius 2 is 1.71 bits per heavy atom. The van der Waals surface area contributed by atoms with Gasteiger partial charge in [-0.25, -0.2) is 4.39 Å². The van der Waals surface area contributed by atoms with Crippen LogP contribution in [0, 0.1) is 11.2 Å². The van der Waals surface area contributed by atoms with E-state index in [-0.39, 0.29) is 22.6 Å². The van der Waals surface area contributed by atoms with E-state index in [1.54, 1.807) is 6.07 Å². The lowest BCUT2D eigenvalue weighted by Gasteiger charge is -2.15. The first-order valence-corrected chi connectivity index (χ1v) is 9.94. The second-order valence-corrected chi connectivity index (χ2v) is 8.09. The van der Waals surface area contributed by atoms with Crippen molar-refractivity contribution in [2.75, 3.05) is 0 Å². The molecular formula is C17H16F4N4S3. The molecule has 0 fully saturated rings. The van der Waals surface area contributed by atoms with E-state index in [0.29, 0.717) is 20.9 Å². The van der Waals surface area contributed by atoms with Crippen LogP contribution < -0.4 is 16.8 Å². The normalized spacial score (nSPS) is 11.3. The molecule has 4 nitrogen and oxygen atoms in total. The van der Waals surface area contributed by atoms with Gasteiger partial charge in [0.25, 0.3) is 0 Å². The number of nitrogens with one attached hydrogen (secondary N) is 2. The van der Waals surface area contributed by atoms with Crippen molar-refractivity contribution in [3.8, 4) is 0 Å². The molecule has 2 aromatic rings. The Morgan fingerprint density at radius 3 is 2.32 bits per heavy atom. The highest BCUT2D eigenvalue weighted by molar-refractivity contribution is 8.13. The Balaban J connectivity index is 2.39. The maximum Gasteiger partial charge on any atom is 0.416 e. The van der Waals surface area contributed by atoms with E-state index in [2.05, 4.69) is 5.32 Å². The molecule has 150 valence electrons. The summed E-state index contributed by atoms with van der Waals surface area (Å²) in [5.74, 6) is -0.192. The van der Waals surface area contributed by atoms with Crippen LogP contribution in [0.15, 0.2) is 46.2 Å². The van der Waals surface area contributed by atoms with Crippen LogP contribution >= 0.6 is 35.7 Å². The maximum atomic E-state index is 13.6. The molecular weight excluding hydrogens is 432 g/mol. The molecule has 0 radical (unpaired) electrons. The van der Waals surface area contributed by atoms with Crippen molar-refractivity contribution < 1.29 is 17.6 Å². The minimum Gasteiger partial charge on any atom is -0.379 e. The average molecular weight is 449 g/mol. The summed E-state index contributed by atoms with van der Waals surface area (Å²) in [7, 11) is 0. The highest BCUT2D eigenvalue weighted by atomic mass is 32.2. The highest BCUT2D eigenvalue weighted by Crippen LogP contribution is 2.38. The molecule has 0 atom stereocenters. The third kappa shape index (κ3) is 6.57. The van der Waals surface area contributed by atoms with Gasteiger partial charge in [0.2, 0.25) is 0 Å². The van der Waals surface area contributed by atoms with E-state index in [1.165, 1.54) is 30.0 Å². The van der Waals surface area contributed by atoms with Crippen LogP contribution in [0.5, 0.6) is 0 Å². The fourth-order valence-corrected chi connectivity index (χ4v) is 3.96. The van der Waals surface area contributed by atoms with Crippen LogP contribution in [0.4, 0.5) is 17.6 Å². The number of nitrogens with two attached hydrogens (primary N) is 2. The predicted octanol–water partition coefficient (Wildman–Crippen LogP) is 4.46. The molecule has 6 N–H and O–H groups in total. The molecule has 0 spiro atoms. The van der Waals surface area contributed by atoms with Crippen LogP contribution in [-0.4, -0.2) is 10.3 Å². The van der Waals surface area contributed by atoms with Gasteiger partial charge in [0.05, 0.1) is 5.56 Å². The molecule has 0 bridgehead atoms. The van der Waals surface area contributed by atoms with Crippen molar-refractivity contribution in [1.82, 2.24) is 5.32 Å². The van der Waals surface area contributed by atoms with Crippen molar-refractivity contribution in [3.63, 3.8) is 0 Å². The topological polar surface area (TPSA) is 87.9 Å². The molecule has 0 aliphatic heterocycles. The zero-order valence-electron chi connectivity index (χ0n) is 14.3. The van der Waals surface area contributed by atoms with E-state index < -0.39 is 17.6 Å². The third-order valence-electron chi connectivity index (χ3n) is 3.47. The molecule has 0 saturated heterocycles. The molecule has 2 aromatic carbocycles. The minimum atomic E-state index is -4.49. The summed E-state index contributed by atoms with van der Waals surface area (Å²) in [5, 5.41) is 9.80. The maximum absolute atomic E-state index is 13.6. The first kappa shape index (κ1) is 22.3. The smallest absolute Gasteiger partial charge is 0.379 e. The van der Waals surface area contributed by atoms with Gasteiger partial charge in [-0.2, -0.15) is 13.2 Å². The second-order valence-electron chi connectivity index (χ2n) is 5.55. The molecule has 0 aliphatic carbocycles. The Bertz CT molecular complexity index is 887. The van der Waals surface area contributed by atoms with Crippen LogP contribution in [-0.2, 0) is 18.5 Å². The van der Waals surface area contributed by atoms with E-state index in [9.17, 15) is 17.6 Å². The number of hydrogen-bond donors (Lipinski definition) is 4. The van der Waals surface area contributed by atoms with E-state index >= 15 is 0 Å². The number of benzene rings is 2. The lowest BCUT2D eigenvalue weighted by molar-refractivity contribution is -0.137. The molecule has 0 aromatic heterocycles. The Morgan fingerprint density at radius 1 is 1.07 bits per heavy atom. The molecule has 28 heavy (non-hydrogen) atoms. The van der Waals surface area contributed by atoms with Crippen molar-refractivity contribution >= 4 is 46.0 Å². The van der Waals surface area contributed by atoms with Crippen molar-refractivity contribution in [2.24, 2.45) is 11.5 Å². The quantitative estimate of drug-likeness (QED) is 0.226. The Labute approximate surface area is 172 Å². The minimum absolute atomic E-state index is 0.0142. The Hall–Kier alpha value is -1.98. The lowest BCUT2D eigenvalue weighted by Crippen LogP contribution is -2.28. The largest absolute Gasteiger partial charge is 0.416 e. The number of alkyl halides is 3. The van der Waals surface area contributed by atoms with Crippen LogP contribution in [0.1, 0.15) is 16.7 Å². The number of hydrogen-bond acceptors (Lipinski definition) is 4. The van der Waals surface area contributed by atoms with Gasteiger partial charge >= 0.3 is 6.18 Å². The van der Waals surface area contributed by atoms with Gasteiger partial charge in [-0.3, -0.25) is 5.41 Å². The summed E-state index contributed by atoms with van der Waals surface area (Å²) in [6.45, 7) is 0.0142. The summed E-state index contributed by atoms with van der Waals surface area (Å²) < 4.78 is 52.8. The van der Waals surface area contributed by atoms with E-state index in [1.807, 2.05) is 0 Å². The van der Waals surface area contributed by atoms with Crippen molar-refractivity contribution in [3.05, 3.63) is 58.9 Å². The summed E-state index contributed by atoms with van der Waals surface area (Å²) in [5.41, 5.74) is 10.9. The summed E-state index contributed by atoms with van der Waals surface area (Å²) >= 11 is 6.95. The zero-order valence-corrected chi connectivity index (χ0v) is 16.7. The number of halogens is 4. The van der Waals surface area contributed by atoms with Gasteiger partial charge in [0.1, 0.15) is 5.82 Å². The molecule has 0 saturated carbocycles. The SMILES string of the molecule is N=C(N)SCc1cc(F)ccc1Sc1ccc(C(F)(F)F)cc1CNC(N)=S. The van der Waals surface area contributed by atoms with Gasteiger partial charge < -0.3 is 16.8 Å². The molecule has 0 amide bonds. The van der Waals surface area contributed by atoms with Gasteiger partial charge in [0, 0.05) is 22.1 Å². The molecule has 11 heteroatoms. The fraction of sp³-hybridized carbons (Fsp3) is 0.176. The monoisotopic (exact) mass is 448 g/mol. The lowest BCUT2D eigenvalue weighted by atomic mass is 10.1. The van der Waals surface area contributed by atoms with Crippen LogP contribution in [0.3, 0.4) is 0 Å². The summed E-state index contributed by atoms with van der Waals surface area (Å²) in [4.78, 5) is 1.18. The number of thioether (sulfide) groups is 1. The first-order chi connectivity index (χ1) is 13.1. The molecule has 2 rings (SSSR count).